The number of piperazine rings is 1. The van der Waals surface area contributed by atoms with Gasteiger partial charge in [0.15, 0.2) is 0 Å². The minimum atomic E-state index is -0.133. The number of fused-ring (bicyclic) bond motifs is 1. The van der Waals surface area contributed by atoms with Crippen LogP contribution in [0.2, 0.25) is 0 Å². The van der Waals surface area contributed by atoms with Gasteiger partial charge in [-0.2, -0.15) is 0 Å². The van der Waals surface area contributed by atoms with Gasteiger partial charge < -0.3 is 9.80 Å². The Morgan fingerprint density at radius 1 is 0.789 bits per heavy atom. The molecule has 0 bridgehead atoms. The zero-order valence-electron chi connectivity index (χ0n) is 11.6. The molecule has 1 atom stereocenters. The number of rotatable bonds is 1. The van der Waals surface area contributed by atoms with Crippen molar-refractivity contribution in [3.63, 3.8) is 0 Å². The van der Waals surface area contributed by atoms with Gasteiger partial charge in [-0.05, 0) is 25.7 Å². The molecule has 0 radical (unpaired) electrons. The number of hydrogen-bond acceptors (Lipinski definition) is 2. The molecule has 3 rings (SSSR count). The van der Waals surface area contributed by atoms with Crippen molar-refractivity contribution in [1.82, 2.24) is 9.80 Å². The Hall–Kier alpha value is -1.06. The smallest absolute Gasteiger partial charge is 0.246 e. The van der Waals surface area contributed by atoms with Gasteiger partial charge in [0.25, 0.3) is 0 Å². The van der Waals surface area contributed by atoms with Crippen LogP contribution in [0.5, 0.6) is 0 Å². The molecule has 2 heterocycles. The first kappa shape index (κ1) is 12.9. The normalized spacial score (nSPS) is 30.2. The number of carbonyl (C=O) groups excluding carboxylic acids is 2. The third-order valence-electron chi connectivity index (χ3n) is 4.96. The molecule has 0 aromatic rings. The maximum Gasteiger partial charge on any atom is 0.246 e. The van der Waals surface area contributed by atoms with E-state index in [1.807, 2.05) is 9.80 Å². The molecule has 0 spiro atoms. The van der Waals surface area contributed by atoms with Crippen molar-refractivity contribution >= 4 is 11.8 Å². The molecule has 0 aromatic heterocycles. The van der Waals surface area contributed by atoms with Crippen LogP contribution in [0, 0.1) is 0 Å². The molecule has 4 nitrogen and oxygen atoms in total. The fraction of sp³-hybridized carbons (Fsp3) is 0.867. The van der Waals surface area contributed by atoms with Crippen LogP contribution < -0.4 is 0 Å². The molecule has 4 heteroatoms. The predicted octanol–water partition coefficient (Wildman–Crippen LogP) is 1.93. The lowest BCUT2D eigenvalue weighted by Gasteiger charge is -2.41. The largest absolute Gasteiger partial charge is 0.329 e. The average Bonchev–Trinajstić information content (AvgIpc) is 2.84. The molecular weight excluding hydrogens is 240 g/mol. The Labute approximate surface area is 115 Å². The summed E-state index contributed by atoms with van der Waals surface area (Å²) in [6.45, 7) is 1.12. The molecule has 2 saturated heterocycles. The SMILES string of the molecule is O=C1C2CCCN2C(=O)CN1C1CCCCCCC1. The van der Waals surface area contributed by atoms with E-state index >= 15 is 0 Å². The maximum absolute atomic E-state index is 12.6. The van der Waals surface area contributed by atoms with Crippen LogP contribution >= 0.6 is 0 Å². The van der Waals surface area contributed by atoms with E-state index in [-0.39, 0.29) is 17.9 Å². The first-order valence-electron chi connectivity index (χ1n) is 7.87. The third-order valence-corrected chi connectivity index (χ3v) is 4.96. The van der Waals surface area contributed by atoms with E-state index in [9.17, 15) is 9.59 Å². The molecule has 1 unspecified atom stereocenters. The fourth-order valence-corrected chi connectivity index (χ4v) is 3.88. The Morgan fingerprint density at radius 3 is 2.21 bits per heavy atom. The molecular formula is C15H24N2O2. The summed E-state index contributed by atoms with van der Waals surface area (Å²) >= 11 is 0. The highest BCUT2D eigenvalue weighted by atomic mass is 16.2. The summed E-state index contributed by atoms with van der Waals surface area (Å²) in [7, 11) is 0. The van der Waals surface area contributed by atoms with Gasteiger partial charge in [0.1, 0.15) is 12.6 Å². The highest BCUT2D eigenvalue weighted by Crippen LogP contribution is 2.28. The van der Waals surface area contributed by atoms with Crippen molar-refractivity contribution in [2.75, 3.05) is 13.1 Å². The molecule has 0 N–H and O–H groups in total. The van der Waals surface area contributed by atoms with Crippen LogP contribution in [0.1, 0.15) is 57.8 Å². The molecule has 3 aliphatic rings. The van der Waals surface area contributed by atoms with Crippen molar-refractivity contribution < 1.29 is 9.59 Å². The van der Waals surface area contributed by atoms with Crippen molar-refractivity contribution in [3.05, 3.63) is 0 Å². The number of carbonyl (C=O) groups is 2. The summed E-state index contributed by atoms with van der Waals surface area (Å²) in [5.41, 5.74) is 0. The first-order chi connectivity index (χ1) is 9.27. The number of hydrogen-bond donors (Lipinski definition) is 0. The van der Waals surface area contributed by atoms with Crippen LogP contribution in [-0.4, -0.2) is 46.8 Å². The first-order valence-corrected chi connectivity index (χ1v) is 7.87. The van der Waals surface area contributed by atoms with Gasteiger partial charge in [-0.15, -0.1) is 0 Å². The van der Waals surface area contributed by atoms with Gasteiger partial charge in [-0.3, -0.25) is 9.59 Å². The summed E-state index contributed by atoms with van der Waals surface area (Å²) in [5.74, 6) is 0.395. The molecule has 2 amide bonds. The van der Waals surface area contributed by atoms with Crippen LogP contribution in [0.4, 0.5) is 0 Å². The lowest BCUT2D eigenvalue weighted by atomic mass is 9.94. The average molecular weight is 264 g/mol. The van der Waals surface area contributed by atoms with Crippen LogP contribution in [0.25, 0.3) is 0 Å². The second kappa shape index (κ2) is 5.51. The van der Waals surface area contributed by atoms with Gasteiger partial charge in [0, 0.05) is 12.6 Å². The Morgan fingerprint density at radius 2 is 1.47 bits per heavy atom. The quantitative estimate of drug-likeness (QED) is 0.726. The van der Waals surface area contributed by atoms with Crippen molar-refractivity contribution in [1.29, 1.82) is 0 Å². The second-order valence-corrected chi connectivity index (χ2v) is 6.21. The Kier molecular flexibility index (Phi) is 3.76. The molecule has 106 valence electrons. The zero-order valence-corrected chi connectivity index (χ0v) is 11.6. The van der Waals surface area contributed by atoms with Crippen LogP contribution in [0.15, 0.2) is 0 Å². The monoisotopic (exact) mass is 264 g/mol. The molecule has 3 fully saturated rings. The van der Waals surface area contributed by atoms with Gasteiger partial charge in [-0.25, -0.2) is 0 Å². The Balaban J connectivity index is 1.72. The van der Waals surface area contributed by atoms with E-state index in [0.717, 1.165) is 32.2 Å². The van der Waals surface area contributed by atoms with Crippen molar-refractivity contribution in [2.45, 2.75) is 69.9 Å². The lowest BCUT2D eigenvalue weighted by molar-refractivity contribution is -0.156. The Bertz CT molecular complexity index is 361. The summed E-state index contributed by atoms with van der Waals surface area (Å²) in [5, 5.41) is 0. The lowest BCUT2D eigenvalue weighted by Crippen LogP contribution is -2.60. The summed E-state index contributed by atoms with van der Waals surface area (Å²) in [6.07, 6.45) is 10.3. The summed E-state index contributed by atoms with van der Waals surface area (Å²) in [6, 6.07) is 0.186. The van der Waals surface area contributed by atoms with E-state index in [0.29, 0.717) is 12.6 Å². The molecule has 19 heavy (non-hydrogen) atoms. The van der Waals surface area contributed by atoms with E-state index in [1.165, 1.54) is 32.1 Å². The second-order valence-electron chi connectivity index (χ2n) is 6.21. The number of nitrogens with zero attached hydrogens (tertiary/aromatic N) is 2. The predicted molar refractivity (Wildman–Crippen MR) is 72.6 cm³/mol. The minimum absolute atomic E-state index is 0.133. The van der Waals surface area contributed by atoms with Gasteiger partial charge >= 0.3 is 0 Å². The highest BCUT2D eigenvalue weighted by molar-refractivity contribution is 5.95. The van der Waals surface area contributed by atoms with E-state index in [4.69, 9.17) is 0 Å². The van der Waals surface area contributed by atoms with Crippen molar-refractivity contribution in [3.8, 4) is 0 Å². The van der Waals surface area contributed by atoms with Crippen LogP contribution in [-0.2, 0) is 9.59 Å². The molecule has 0 aromatic carbocycles. The molecule has 1 saturated carbocycles. The zero-order chi connectivity index (χ0) is 13.2. The van der Waals surface area contributed by atoms with Crippen molar-refractivity contribution in [2.24, 2.45) is 0 Å². The van der Waals surface area contributed by atoms with E-state index in [1.54, 1.807) is 0 Å². The van der Waals surface area contributed by atoms with Crippen LogP contribution in [0.3, 0.4) is 0 Å². The topological polar surface area (TPSA) is 40.6 Å². The minimum Gasteiger partial charge on any atom is -0.329 e. The summed E-state index contributed by atoms with van der Waals surface area (Å²) in [4.78, 5) is 28.5. The molecule has 2 aliphatic heterocycles. The van der Waals surface area contributed by atoms with E-state index in [2.05, 4.69) is 0 Å². The highest BCUT2D eigenvalue weighted by Gasteiger charge is 2.43. The maximum atomic E-state index is 12.6. The fourth-order valence-electron chi connectivity index (χ4n) is 3.88. The standard InChI is InChI=1S/C15H24N2O2/c18-14-11-17(12-7-4-2-1-3-5-8-12)15(19)13-9-6-10-16(13)14/h12-13H,1-11H2. The number of amides is 2. The van der Waals surface area contributed by atoms with Gasteiger partial charge in [0.05, 0.1) is 0 Å². The third kappa shape index (κ3) is 2.49. The summed E-state index contributed by atoms with van der Waals surface area (Å²) < 4.78 is 0. The molecule has 1 aliphatic carbocycles. The van der Waals surface area contributed by atoms with E-state index < -0.39 is 0 Å². The van der Waals surface area contributed by atoms with Gasteiger partial charge in [-0.1, -0.05) is 32.1 Å². The van der Waals surface area contributed by atoms with Gasteiger partial charge in [0.2, 0.25) is 11.8 Å².